The molecule has 0 saturated carbocycles. The zero-order valence-electron chi connectivity index (χ0n) is 14.8. The summed E-state index contributed by atoms with van der Waals surface area (Å²) in [6.07, 6.45) is 1.72. The molecule has 1 atom stereocenters. The Labute approximate surface area is 146 Å². The van der Waals surface area contributed by atoms with Crippen LogP contribution in [0.15, 0.2) is 21.3 Å². The number of aliphatic hydroxyl groups excluding tert-OH is 1. The third-order valence-corrected chi connectivity index (χ3v) is 4.92. The van der Waals surface area contributed by atoms with Crippen molar-refractivity contribution in [2.24, 2.45) is 0 Å². The van der Waals surface area contributed by atoms with Crippen LogP contribution < -0.4 is 10.4 Å². The molecular formula is C19H23NO5. The summed E-state index contributed by atoms with van der Waals surface area (Å²) >= 11 is 0. The van der Waals surface area contributed by atoms with E-state index in [0.717, 1.165) is 29.4 Å². The van der Waals surface area contributed by atoms with Crippen LogP contribution in [0.25, 0.3) is 11.0 Å². The minimum Gasteiger partial charge on any atom is -0.483 e. The molecule has 25 heavy (non-hydrogen) atoms. The summed E-state index contributed by atoms with van der Waals surface area (Å²) in [5.74, 6) is 0.394. The summed E-state index contributed by atoms with van der Waals surface area (Å²) in [7, 11) is 0. The number of aliphatic hydroxyl groups is 1. The molecule has 0 radical (unpaired) electrons. The zero-order valence-corrected chi connectivity index (χ0v) is 14.8. The van der Waals surface area contributed by atoms with E-state index in [1.807, 2.05) is 19.9 Å². The van der Waals surface area contributed by atoms with Gasteiger partial charge in [0.2, 0.25) is 0 Å². The van der Waals surface area contributed by atoms with Gasteiger partial charge in [-0.2, -0.15) is 0 Å². The maximum atomic E-state index is 12.4. The number of hydrogen-bond donors (Lipinski definition) is 1. The summed E-state index contributed by atoms with van der Waals surface area (Å²) < 4.78 is 11.2. The van der Waals surface area contributed by atoms with Gasteiger partial charge in [0.25, 0.3) is 5.91 Å². The van der Waals surface area contributed by atoms with Crippen LogP contribution in [0.4, 0.5) is 0 Å². The van der Waals surface area contributed by atoms with Gasteiger partial charge in [0.05, 0.1) is 18.0 Å². The van der Waals surface area contributed by atoms with Gasteiger partial charge in [-0.15, -0.1) is 0 Å². The molecule has 1 aromatic heterocycles. The van der Waals surface area contributed by atoms with Crippen molar-refractivity contribution in [3.05, 3.63) is 39.2 Å². The van der Waals surface area contributed by atoms with Gasteiger partial charge in [-0.05, 0) is 56.9 Å². The van der Waals surface area contributed by atoms with E-state index in [1.165, 1.54) is 0 Å². The van der Waals surface area contributed by atoms with Gasteiger partial charge in [0, 0.05) is 12.1 Å². The average Bonchev–Trinajstić information content (AvgIpc) is 3.05. The molecule has 0 bridgehead atoms. The molecule has 3 rings (SSSR count). The lowest BCUT2D eigenvalue weighted by Gasteiger charge is -2.23. The SMILES string of the molecule is Cc1cc(OCC(=O)N2CCC[C@@H]2CO)c2c(C)c(C)c(=O)oc2c1. The predicted molar refractivity (Wildman–Crippen MR) is 94.0 cm³/mol. The summed E-state index contributed by atoms with van der Waals surface area (Å²) in [6, 6.07) is 3.52. The molecule has 0 spiro atoms. The molecule has 1 fully saturated rings. The number of carbonyl (C=O) groups is 1. The van der Waals surface area contributed by atoms with E-state index in [0.29, 0.717) is 23.4 Å². The average molecular weight is 345 g/mol. The fraction of sp³-hybridized carbons (Fsp3) is 0.474. The molecule has 2 heterocycles. The topological polar surface area (TPSA) is 80.0 Å². The van der Waals surface area contributed by atoms with Gasteiger partial charge >= 0.3 is 5.63 Å². The van der Waals surface area contributed by atoms with Crippen molar-refractivity contribution in [2.45, 2.75) is 39.7 Å². The van der Waals surface area contributed by atoms with Crippen molar-refractivity contribution in [2.75, 3.05) is 19.8 Å². The van der Waals surface area contributed by atoms with Gasteiger partial charge in [-0.3, -0.25) is 4.79 Å². The highest BCUT2D eigenvalue weighted by molar-refractivity contribution is 5.88. The van der Waals surface area contributed by atoms with Crippen LogP contribution in [0.3, 0.4) is 0 Å². The Hall–Kier alpha value is -2.34. The van der Waals surface area contributed by atoms with E-state index >= 15 is 0 Å². The van der Waals surface area contributed by atoms with Crippen molar-refractivity contribution >= 4 is 16.9 Å². The third kappa shape index (κ3) is 3.26. The van der Waals surface area contributed by atoms with Gasteiger partial charge in [-0.25, -0.2) is 4.79 Å². The summed E-state index contributed by atoms with van der Waals surface area (Å²) in [6.45, 7) is 5.96. The highest BCUT2D eigenvalue weighted by Gasteiger charge is 2.28. The van der Waals surface area contributed by atoms with Crippen LogP contribution in [0.1, 0.15) is 29.5 Å². The number of ether oxygens (including phenoxy) is 1. The summed E-state index contributed by atoms with van der Waals surface area (Å²) in [5, 5.41) is 10.1. The van der Waals surface area contributed by atoms with E-state index in [9.17, 15) is 14.7 Å². The maximum Gasteiger partial charge on any atom is 0.339 e. The second kappa shape index (κ2) is 6.88. The normalized spacial score (nSPS) is 17.3. The molecule has 2 aromatic rings. The second-order valence-corrected chi connectivity index (χ2v) is 6.63. The molecule has 0 unspecified atom stereocenters. The fourth-order valence-corrected chi connectivity index (χ4v) is 3.38. The number of fused-ring (bicyclic) bond motifs is 1. The Morgan fingerprint density at radius 3 is 2.80 bits per heavy atom. The molecule has 1 saturated heterocycles. The lowest BCUT2D eigenvalue weighted by atomic mass is 10.0. The van der Waals surface area contributed by atoms with E-state index in [-0.39, 0.29) is 30.8 Å². The highest BCUT2D eigenvalue weighted by atomic mass is 16.5. The molecule has 1 aliphatic heterocycles. The van der Waals surface area contributed by atoms with E-state index in [2.05, 4.69) is 0 Å². The number of benzene rings is 1. The Morgan fingerprint density at radius 1 is 1.32 bits per heavy atom. The molecule has 1 amide bonds. The van der Waals surface area contributed by atoms with Crippen LogP contribution in [0, 0.1) is 20.8 Å². The summed E-state index contributed by atoms with van der Waals surface area (Å²) in [4.78, 5) is 26.0. The third-order valence-electron chi connectivity index (χ3n) is 4.92. The second-order valence-electron chi connectivity index (χ2n) is 6.63. The minimum atomic E-state index is -0.361. The largest absolute Gasteiger partial charge is 0.483 e. The van der Waals surface area contributed by atoms with Gasteiger partial charge in [0.15, 0.2) is 6.61 Å². The Balaban J connectivity index is 1.90. The number of rotatable bonds is 4. The van der Waals surface area contributed by atoms with E-state index < -0.39 is 0 Å². The zero-order chi connectivity index (χ0) is 18.1. The van der Waals surface area contributed by atoms with Gasteiger partial charge in [-0.1, -0.05) is 0 Å². The standard InChI is InChI=1S/C19H23NO5/c1-11-7-15(18-12(2)13(3)19(23)25-16(18)8-11)24-10-17(22)20-6-4-5-14(20)9-21/h7-8,14,21H,4-6,9-10H2,1-3H3/t14-/m1/s1. The molecule has 1 aromatic carbocycles. The van der Waals surface area contributed by atoms with Crippen molar-refractivity contribution in [1.82, 2.24) is 4.90 Å². The van der Waals surface area contributed by atoms with Crippen molar-refractivity contribution in [3.63, 3.8) is 0 Å². The van der Waals surface area contributed by atoms with Crippen LogP contribution >= 0.6 is 0 Å². The number of aryl methyl sites for hydroxylation is 2. The molecular weight excluding hydrogens is 322 g/mol. The number of likely N-dealkylation sites (tertiary alicyclic amines) is 1. The minimum absolute atomic E-state index is 0.0252. The predicted octanol–water partition coefficient (Wildman–Crippen LogP) is 2.08. The van der Waals surface area contributed by atoms with Crippen LogP contribution in [0.5, 0.6) is 5.75 Å². The first kappa shape index (κ1) is 17.5. The fourth-order valence-electron chi connectivity index (χ4n) is 3.38. The number of amides is 1. The Bertz CT molecular complexity index is 870. The molecule has 134 valence electrons. The van der Waals surface area contributed by atoms with E-state index in [4.69, 9.17) is 9.15 Å². The van der Waals surface area contributed by atoms with Crippen molar-refractivity contribution in [1.29, 1.82) is 0 Å². The van der Waals surface area contributed by atoms with Crippen LogP contribution in [-0.4, -0.2) is 41.7 Å². The first-order chi connectivity index (χ1) is 11.9. The van der Waals surface area contributed by atoms with Gasteiger partial charge in [0.1, 0.15) is 11.3 Å². The maximum absolute atomic E-state index is 12.4. The van der Waals surface area contributed by atoms with Crippen molar-refractivity contribution < 1.29 is 19.1 Å². The Kier molecular flexibility index (Phi) is 4.81. The monoisotopic (exact) mass is 345 g/mol. The molecule has 6 nitrogen and oxygen atoms in total. The molecule has 6 heteroatoms. The highest BCUT2D eigenvalue weighted by Crippen LogP contribution is 2.31. The lowest BCUT2D eigenvalue weighted by molar-refractivity contribution is -0.134. The summed E-state index contributed by atoms with van der Waals surface area (Å²) in [5.41, 5.74) is 2.32. The molecule has 0 aliphatic carbocycles. The first-order valence-electron chi connectivity index (χ1n) is 8.50. The number of carbonyl (C=O) groups excluding carboxylic acids is 1. The Morgan fingerprint density at radius 2 is 2.08 bits per heavy atom. The first-order valence-corrected chi connectivity index (χ1v) is 8.50. The van der Waals surface area contributed by atoms with Crippen LogP contribution in [-0.2, 0) is 4.79 Å². The van der Waals surface area contributed by atoms with Crippen LogP contribution in [0.2, 0.25) is 0 Å². The number of hydrogen-bond acceptors (Lipinski definition) is 5. The lowest BCUT2D eigenvalue weighted by Crippen LogP contribution is -2.40. The smallest absolute Gasteiger partial charge is 0.339 e. The number of nitrogens with zero attached hydrogens (tertiary/aromatic N) is 1. The van der Waals surface area contributed by atoms with Crippen molar-refractivity contribution in [3.8, 4) is 5.75 Å². The molecule has 1 N–H and O–H groups in total. The van der Waals surface area contributed by atoms with Gasteiger partial charge < -0.3 is 19.2 Å². The quantitative estimate of drug-likeness (QED) is 0.858. The molecule has 1 aliphatic rings. The van der Waals surface area contributed by atoms with E-state index in [1.54, 1.807) is 17.9 Å².